The highest BCUT2D eigenvalue weighted by Crippen LogP contribution is 2.23. The number of aromatic amines is 1. The molecule has 5 heteroatoms. The van der Waals surface area contributed by atoms with Crippen LogP contribution in [0.3, 0.4) is 0 Å². The number of aromatic nitrogens is 2. The summed E-state index contributed by atoms with van der Waals surface area (Å²) >= 11 is 1.53. The summed E-state index contributed by atoms with van der Waals surface area (Å²) in [6.45, 7) is 1.83. The van der Waals surface area contributed by atoms with Gasteiger partial charge in [0.25, 0.3) is 5.56 Å². The van der Waals surface area contributed by atoms with Gasteiger partial charge in [-0.2, -0.15) is 0 Å². The summed E-state index contributed by atoms with van der Waals surface area (Å²) in [7, 11) is 1.65. The zero-order valence-electron chi connectivity index (χ0n) is 17.6. The average molecular weight is 429 g/mol. The van der Waals surface area contributed by atoms with E-state index < -0.39 is 0 Å². The zero-order valence-corrected chi connectivity index (χ0v) is 18.4. The number of H-pyrrole nitrogens is 1. The molecule has 0 aliphatic heterocycles. The van der Waals surface area contributed by atoms with Crippen molar-refractivity contribution in [2.45, 2.75) is 24.3 Å². The molecular formula is C26H24N2O2S. The normalized spacial score (nSPS) is 10.8. The largest absolute Gasteiger partial charge is 0.497 e. The van der Waals surface area contributed by atoms with Crippen LogP contribution in [0, 0.1) is 6.92 Å². The topological polar surface area (TPSA) is 55.0 Å². The first-order valence-corrected chi connectivity index (χ1v) is 11.1. The van der Waals surface area contributed by atoms with Gasteiger partial charge in [-0.15, -0.1) is 0 Å². The maximum atomic E-state index is 12.5. The highest BCUT2D eigenvalue weighted by Gasteiger charge is 2.10. The quantitative estimate of drug-likeness (QED) is 0.306. The van der Waals surface area contributed by atoms with Crippen LogP contribution in [0.2, 0.25) is 0 Å². The van der Waals surface area contributed by atoms with E-state index in [1.54, 1.807) is 7.11 Å². The first-order valence-electron chi connectivity index (χ1n) is 10.1. The van der Waals surface area contributed by atoms with Crippen molar-refractivity contribution < 1.29 is 4.74 Å². The van der Waals surface area contributed by atoms with Gasteiger partial charge >= 0.3 is 0 Å². The molecule has 0 unspecified atom stereocenters. The molecule has 0 spiro atoms. The molecule has 0 saturated carbocycles. The van der Waals surface area contributed by atoms with E-state index in [9.17, 15) is 4.79 Å². The van der Waals surface area contributed by atoms with E-state index in [2.05, 4.69) is 41.4 Å². The predicted octanol–water partition coefficient (Wildman–Crippen LogP) is 5.64. The molecule has 0 amide bonds. The molecular weight excluding hydrogens is 404 g/mol. The lowest BCUT2D eigenvalue weighted by molar-refractivity contribution is 0.414. The third kappa shape index (κ3) is 5.25. The number of hydrogen-bond acceptors (Lipinski definition) is 4. The number of methoxy groups -OCH3 is 1. The SMILES string of the molecule is COc1ccc(CSc2nc(Cc3ccc(-c4ccccc4)cc3)c(C)c(=O)[nH]2)cc1. The molecule has 4 rings (SSSR count). The third-order valence-electron chi connectivity index (χ3n) is 5.20. The van der Waals surface area contributed by atoms with Crippen LogP contribution in [-0.4, -0.2) is 17.1 Å². The Morgan fingerprint density at radius 3 is 2.19 bits per heavy atom. The Balaban J connectivity index is 1.49. The standard InChI is InChI=1S/C26H24N2O2S/c1-18-24(16-19-8-12-22(13-9-19)21-6-4-3-5-7-21)27-26(28-25(18)29)31-17-20-10-14-23(30-2)15-11-20/h3-15H,16-17H2,1-2H3,(H,27,28,29). The average Bonchev–Trinajstić information content (AvgIpc) is 2.82. The molecule has 1 aromatic heterocycles. The maximum absolute atomic E-state index is 12.5. The first kappa shape index (κ1) is 20.9. The van der Waals surface area contributed by atoms with Gasteiger partial charge in [-0.25, -0.2) is 4.98 Å². The summed E-state index contributed by atoms with van der Waals surface area (Å²) < 4.78 is 5.20. The van der Waals surface area contributed by atoms with Crippen molar-refractivity contribution in [1.82, 2.24) is 9.97 Å². The Morgan fingerprint density at radius 2 is 1.52 bits per heavy atom. The van der Waals surface area contributed by atoms with E-state index in [1.807, 2.05) is 49.4 Å². The van der Waals surface area contributed by atoms with Gasteiger partial charge in [-0.1, -0.05) is 78.5 Å². The molecule has 0 atom stereocenters. The highest BCUT2D eigenvalue weighted by molar-refractivity contribution is 7.98. The van der Waals surface area contributed by atoms with Crippen molar-refractivity contribution in [3.8, 4) is 16.9 Å². The van der Waals surface area contributed by atoms with E-state index in [1.165, 1.54) is 22.9 Å². The molecule has 31 heavy (non-hydrogen) atoms. The molecule has 0 saturated heterocycles. The van der Waals surface area contributed by atoms with Crippen LogP contribution in [0.15, 0.2) is 88.8 Å². The lowest BCUT2D eigenvalue weighted by atomic mass is 10.0. The fourth-order valence-corrected chi connectivity index (χ4v) is 4.14. The van der Waals surface area contributed by atoms with Crippen LogP contribution < -0.4 is 10.3 Å². The van der Waals surface area contributed by atoms with Crippen molar-refractivity contribution in [2.75, 3.05) is 7.11 Å². The first-order chi connectivity index (χ1) is 15.1. The highest BCUT2D eigenvalue weighted by atomic mass is 32.2. The smallest absolute Gasteiger partial charge is 0.254 e. The van der Waals surface area contributed by atoms with Gasteiger partial charge in [-0.05, 0) is 41.3 Å². The van der Waals surface area contributed by atoms with Gasteiger partial charge in [0.2, 0.25) is 0 Å². The summed E-state index contributed by atoms with van der Waals surface area (Å²) in [5, 5.41) is 0.641. The van der Waals surface area contributed by atoms with Crippen LogP contribution in [0.4, 0.5) is 0 Å². The number of nitrogens with zero attached hydrogens (tertiary/aromatic N) is 1. The monoisotopic (exact) mass is 428 g/mol. The fraction of sp³-hybridized carbons (Fsp3) is 0.154. The number of rotatable bonds is 7. The van der Waals surface area contributed by atoms with Crippen molar-refractivity contribution >= 4 is 11.8 Å². The Morgan fingerprint density at radius 1 is 0.871 bits per heavy atom. The van der Waals surface area contributed by atoms with Gasteiger partial charge in [0, 0.05) is 17.7 Å². The van der Waals surface area contributed by atoms with Gasteiger partial charge in [0.15, 0.2) is 5.16 Å². The number of nitrogens with one attached hydrogen (secondary N) is 1. The van der Waals surface area contributed by atoms with E-state index >= 15 is 0 Å². The summed E-state index contributed by atoms with van der Waals surface area (Å²) in [4.78, 5) is 20.1. The van der Waals surface area contributed by atoms with E-state index in [-0.39, 0.29) is 5.56 Å². The summed E-state index contributed by atoms with van der Waals surface area (Å²) in [6, 6.07) is 26.7. The van der Waals surface area contributed by atoms with Crippen molar-refractivity contribution in [3.05, 3.63) is 112 Å². The van der Waals surface area contributed by atoms with Gasteiger partial charge in [0.1, 0.15) is 5.75 Å². The number of ether oxygens (including phenoxy) is 1. The molecule has 0 bridgehead atoms. The second kappa shape index (κ2) is 9.67. The van der Waals surface area contributed by atoms with Gasteiger partial charge in [0.05, 0.1) is 12.8 Å². The summed E-state index contributed by atoms with van der Waals surface area (Å²) in [5.41, 5.74) is 6.05. The second-order valence-corrected chi connectivity index (χ2v) is 8.28. The molecule has 4 aromatic rings. The van der Waals surface area contributed by atoms with Crippen LogP contribution in [0.1, 0.15) is 22.4 Å². The molecule has 3 aromatic carbocycles. The molecule has 0 radical (unpaired) electrons. The Labute approximate surface area is 186 Å². The molecule has 0 fully saturated rings. The Hall–Kier alpha value is -3.31. The van der Waals surface area contributed by atoms with Crippen molar-refractivity contribution in [2.24, 2.45) is 0 Å². The molecule has 1 heterocycles. The van der Waals surface area contributed by atoms with Crippen LogP contribution in [0.25, 0.3) is 11.1 Å². The van der Waals surface area contributed by atoms with E-state index in [4.69, 9.17) is 9.72 Å². The minimum Gasteiger partial charge on any atom is -0.497 e. The minimum atomic E-state index is -0.0804. The Bertz CT molecular complexity index is 1200. The predicted molar refractivity (Wildman–Crippen MR) is 127 cm³/mol. The molecule has 0 aliphatic carbocycles. The molecule has 156 valence electrons. The lowest BCUT2D eigenvalue weighted by Gasteiger charge is -2.09. The van der Waals surface area contributed by atoms with Gasteiger partial charge < -0.3 is 9.72 Å². The molecule has 0 aliphatic rings. The Kier molecular flexibility index (Phi) is 6.53. The van der Waals surface area contributed by atoms with Crippen LogP contribution >= 0.6 is 11.8 Å². The maximum Gasteiger partial charge on any atom is 0.254 e. The fourth-order valence-electron chi connectivity index (χ4n) is 3.31. The van der Waals surface area contributed by atoms with E-state index in [0.29, 0.717) is 17.1 Å². The second-order valence-electron chi connectivity index (χ2n) is 7.32. The lowest BCUT2D eigenvalue weighted by Crippen LogP contribution is -2.16. The molecule has 1 N–H and O–H groups in total. The van der Waals surface area contributed by atoms with Crippen LogP contribution in [0.5, 0.6) is 5.75 Å². The third-order valence-corrected chi connectivity index (χ3v) is 6.14. The van der Waals surface area contributed by atoms with Crippen LogP contribution in [-0.2, 0) is 12.2 Å². The number of hydrogen-bond donors (Lipinski definition) is 1. The van der Waals surface area contributed by atoms with E-state index in [0.717, 1.165) is 28.3 Å². The minimum absolute atomic E-state index is 0.0804. The van der Waals surface area contributed by atoms with Crippen molar-refractivity contribution in [3.63, 3.8) is 0 Å². The molecule has 4 nitrogen and oxygen atoms in total. The number of thioether (sulfide) groups is 1. The summed E-state index contributed by atoms with van der Waals surface area (Å²) in [6.07, 6.45) is 0.626. The zero-order chi connectivity index (χ0) is 21.6. The summed E-state index contributed by atoms with van der Waals surface area (Å²) in [5.74, 6) is 1.55. The van der Waals surface area contributed by atoms with Crippen molar-refractivity contribution in [1.29, 1.82) is 0 Å². The number of benzene rings is 3. The van der Waals surface area contributed by atoms with Gasteiger partial charge in [-0.3, -0.25) is 4.79 Å².